The summed E-state index contributed by atoms with van der Waals surface area (Å²) in [5.41, 5.74) is 0. The van der Waals surface area contributed by atoms with Gasteiger partial charge < -0.3 is 0 Å². The first-order chi connectivity index (χ1) is 7.98. The monoisotopic (exact) mass is 275 g/mol. The number of halogens is 1. The van der Waals surface area contributed by atoms with Crippen molar-refractivity contribution in [2.45, 2.75) is 17.7 Å². The quantitative estimate of drug-likeness (QED) is 0.450. The Labute approximate surface area is 106 Å². The third-order valence-corrected chi connectivity index (χ3v) is 4.19. The van der Waals surface area contributed by atoms with E-state index in [1.165, 1.54) is 23.7 Å². The van der Waals surface area contributed by atoms with Crippen LogP contribution in [0, 0.1) is 0 Å². The molecule has 0 N–H and O–H groups in total. The Morgan fingerprint density at radius 2 is 2.06 bits per heavy atom. The molecule has 0 spiro atoms. The van der Waals surface area contributed by atoms with E-state index in [0.717, 1.165) is 12.8 Å². The molecule has 0 radical (unpaired) electrons. The van der Waals surface area contributed by atoms with Crippen LogP contribution in [0.1, 0.15) is 12.8 Å². The summed E-state index contributed by atoms with van der Waals surface area (Å²) in [7, 11) is -2.00. The molecule has 0 aliphatic rings. The zero-order chi connectivity index (χ0) is 12.9. The van der Waals surface area contributed by atoms with Crippen molar-refractivity contribution in [3.63, 3.8) is 0 Å². The first-order valence-corrected chi connectivity index (χ1v) is 6.85. The number of hydrogen-bond acceptors (Lipinski definition) is 4. The molecule has 7 heteroatoms. The van der Waals surface area contributed by atoms with Gasteiger partial charge in [0.25, 0.3) is 0 Å². The molecule has 94 valence electrons. The summed E-state index contributed by atoms with van der Waals surface area (Å²) in [6.45, 7) is 4.01. The molecule has 0 saturated carbocycles. The highest BCUT2D eigenvalue weighted by Gasteiger charge is 2.20. The number of hydrogen-bond donors (Lipinski definition) is 0. The molecule has 1 aromatic rings. The van der Waals surface area contributed by atoms with E-state index in [2.05, 4.69) is 16.5 Å². The molecule has 0 fully saturated rings. The van der Waals surface area contributed by atoms with Gasteiger partial charge in [-0.2, -0.15) is 0 Å². The van der Waals surface area contributed by atoms with Crippen LogP contribution in [0.5, 0.6) is 0 Å². The van der Waals surface area contributed by atoms with E-state index in [1.54, 1.807) is 6.08 Å². The second-order valence-electron chi connectivity index (χ2n) is 3.45. The van der Waals surface area contributed by atoms with Gasteiger partial charge in [-0.1, -0.05) is 6.08 Å². The summed E-state index contributed by atoms with van der Waals surface area (Å²) >= 11 is 5.50. The van der Waals surface area contributed by atoms with Crippen molar-refractivity contribution in [2.75, 3.05) is 13.6 Å². The van der Waals surface area contributed by atoms with Gasteiger partial charge in [0.15, 0.2) is 0 Å². The molecular weight excluding hydrogens is 262 g/mol. The highest BCUT2D eigenvalue weighted by molar-refractivity contribution is 7.89. The molecule has 0 saturated heterocycles. The number of sulfonamides is 1. The van der Waals surface area contributed by atoms with Crippen molar-refractivity contribution in [1.29, 1.82) is 0 Å². The van der Waals surface area contributed by atoms with Crippen LogP contribution in [0.2, 0.25) is 5.28 Å². The minimum atomic E-state index is -3.52. The molecule has 0 aliphatic heterocycles. The van der Waals surface area contributed by atoms with Gasteiger partial charge in [-0.15, -0.1) is 6.58 Å². The van der Waals surface area contributed by atoms with E-state index < -0.39 is 10.0 Å². The van der Waals surface area contributed by atoms with Crippen LogP contribution in [-0.4, -0.2) is 36.3 Å². The molecule has 0 atom stereocenters. The Morgan fingerprint density at radius 1 is 1.47 bits per heavy atom. The van der Waals surface area contributed by atoms with Gasteiger partial charge in [-0.25, -0.2) is 22.7 Å². The van der Waals surface area contributed by atoms with Gasteiger partial charge in [0.1, 0.15) is 4.90 Å². The Morgan fingerprint density at radius 3 is 2.59 bits per heavy atom. The molecule has 0 unspecified atom stereocenters. The van der Waals surface area contributed by atoms with Crippen LogP contribution in [0.15, 0.2) is 29.9 Å². The van der Waals surface area contributed by atoms with Gasteiger partial charge in [0, 0.05) is 13.6 Å². The predicted octanol–water partition coefficient (Wildman–Crippen LogP) is 1.72. The Balaban J connectivity index is 2.80. The lowest BCUT2D eigenvalue weighted by atomic mass is 10.3. The highest BCUT2D eigenvalue weighted by Crippen LogP contribution is 2.13. The van der Waals surface area contributed by atoms with E-state index in [4.69, 9.17) is 11.6 Å². The highest BCUT2D eigenvalue weighted by atomic mass is 35.5. The fraction of sp³-hybridized carbons (Fsp3) is 0.400. The van der Waals surface area contributed by atoms with Gasteiger partial charge in [0.2, 0.25) is 15.3 Å². The second kappa shape index (κ2) is 6.09. The SMILES string of the molecule is C=CCCCN(C)S(=O)(=O)c1cnc(Cl)nc1. The molecule has 5 nitrogen and oxygen atoms in total. The van der Waals surface area contributed by atoms with E-state index in [-0.39, 0.29) is 10.2 Å². The summed E-state index contributed by atoms with van der Waals surface area (Å²) in [6, 6.07) is 0. The van der Waals surface area contributed by atoms with Crippen LogP contribution in [-0.2, 0) is 10.0 Å². The standard InChI is InChI=1S/C10H14ClN3O2S/c1-3-4-5-6-14(2)17(15,16)9-7-12-10(11)13-8-9/h3,7-8H,1,4-6H2,2H3. The van der Waals surface area contributed by atoms with Crippen LogP contribution in [0.3, 0.4) is 0 Å². The minimum absolute atomic E-state index is 0.0262. The number of rotatable bonds is 6. The summed E-state index contributed by atoms with van der Waals surface area (Å²) in [5, 5.41) is 0.0262. The van der Waals surface area contributed by atoms with Crippen molar-refractivity contribution in [3.8, 4) is 0 Å². The second-order valence-corrected chi connectivity index (χ2v) is 5.83. The summed E-state index contributed by atoms with van der Waals surface area (Å²) < 4.78 is 25.3. The van der Waals surface area contributed by atoms with Crippen LogP contribution >= 0.6 is 11.6 Å². The molecule has 1 heterocycles. The lowest BCUT2D eigenvalue weighted by Crippen LogP contribution is -2.28. The maximum absolute atomic E-state index is 12.0. The zero-order valence-corrected chi connectivity index (χ0v) is 11.1. The Bertz CT molecular complexity index is 473. The Hall–Kier alpha value is -0.980. The van der Waals surface area contributed by atoms with Crippen molar-refractivity contribution >= 4 is 21.6 Å². The van der Waals surface area contributed by atoms with Gasteiger partial charge in [-0.05, 0) is 24.4 Å². The third kappa shape index (κ3) is 3.76. The normalized spacial score (nSPS) is 11.7. The van der Waals surface area contributed by atoms with Gasteiger partial charge in [-0.3, -0.25) is 0 Å². The molecule has 0 aliphatic carbocycles. The molecule has 1 rings (SSSR count). The fourth-order valence-electron chi connectivity index (χ4n) is 1.19. The fourth-order valence-corrected chi connectivity index (χ4v) is 2.39. The maximum atomic E-state index is 12.0. The summed E-state index contributed by atoms with van der Waals surface area (Å²) in [4.78, 5) is 7.36. The average Bonchev–Trinajstić information content (AvgIpc) is 2.29. The van der Waals surface area contributed by atoms with E-state index in [0.29, 0.717) is 6.54 Å². The van der Waals surface area contributed by atoms with Crippen molar-refractivity contribution in [1.82, 2.24) is 14.3 Å². The molecule has 17 heavy (non-hydrogen) atoms. The first kappa shape index (κ1) is 14.1. The number of aromatic nitrogens is 2. The average molecular weight is 276 g/mol. The molecule has 1 aromatic heterocycles. The van der Waals surface area contributed by atoms with Crippen LogP contribution in [0.25, 0.3) is 0 Å². The Kier molecular flexibility index (Phi) is 5.04. The first-order valence-electron chi connectivity index (χ1n) is 5.03. The summed E-state index contributed by atoms with van der Waals surface area (Å²) in [6.07, 6.45) is 5.67. The van der Waals surface area contributed by atoms with Crippen LogP contribution in [0.4, 0.5) is 0 Å². The number of unbranched alkanes of at least 4 members (excludes halogenated alkanes) is 1. The number of nitrogens with zero attached hydrogens (tertiary/aromatic N) is 3. The topological polar surface area (TPSA) is 63.2 Å². The van der Waals surface area contributed by atoms with Gasteiger partial charge >= 0.3 is 0 Å². The van der Waals surface area contributed by atoms with Crippen LogP contribution < -0.4 is 0 Å². The molecule has 0 amide bonds. The van der Waals surface area contributed by atoms with E-state index in [9.17, 15) is 8.42 Å². The van der Waals surface area contributed by atoms with Crippen molar-refractivity contribution in [2.24, 2.45) is 0 Å². The van der Waals surface area contributed by atoms with E-state index >= 15 is 0 Å². The lowest BCUT2D eigenvalue weighted by molar-refractivity contribution is 0.462. The van der Waals surface area contributed by atoms with Crippen molar-refractivity contribution < 1.29 is 8.42 Å². The minimum Gasteiger partial charge on any atom is -0.225 e. The zero-order valence-electron chi connectivity index (χ0n) is 9.50. The molecular formula is C10H14ClN3O2S. The largest absolute Gasteiger partial charge is 0.245 e. The molecule has 0 aromatic carbocycles. The third-order valence-electron chi connectivity index (χ3n) is 2.19. The summed E-state index contributed by atoms with van der Waals surface area (Å²) in [5.74, 6) is 0. The van der Waals surface area contributed by atoms with Gasteiger partial charge in [0.05, 0.1) is 12.4 Å². The number of allylic oxidation sites excluding steroid dienone is 1. The lowest BCUT2D eigenvalue weighted by Gasteiger charge is -2.16. The van der Waals surface area contributed by atoms with Crippen molar-refractivity contribution in [3.05, 3.63) is 30.3 Å². The smallest absolute Gasteiger partial charge is 0.225 e. The predicted molar refractivity (Wildman–Crippen MR) is 66.3 cm³/mol. The maximum Gasteiger partial charge on any atom is 0.245 e. The van der Waals surface area contributed by atoms with E-state index in [1.807, 2.05) is 0 Å². The molecule has 0 bridgehead atoms.